The molecule has 182 valence electrons. The molecule has 4 heterocycles. The molecule has 2 aromatic rings. The van der Waals surface area contributed by atoms with Crippen LogP contribution in [0.2, 0.25) is 0 Å². The number of thioether (sulfide) groups is 1. The Hall–Kier alpha value is -3.43. The van der Waals surface area contributed by atoms with Crippen molar-refractivity contribution < 1.29 is 28.3 Å². The summed E-state index contributed by atoms with van der Waals surface area (Å²) in [5, 5.41) is 17.7. The molecule has 0 bridgehead atoms. The minimum absolute atomic E-state index is 0.0428. The average Bonchev–Trinajstić information content (AvgIpc) is 3.26. The Balaban J connectivity index is 1.52. The number of aliphatic carboxylic acids is 1. The number of pyridine rings is 1. The lowest BCUT2D eigenvalue weighted by atomic mass is 10.0. The number of hydrogen-bond donors (Lipinski definition) is 2. The minimum atomic E-state index is -1.46. The predicted octanol–water partition coefficient (Wildman–Crippen LogP) is -0.737. The zero-order valence-electron chi connectivity index (χ0n) is 18.4. The molecule has 0 saturated carbocycles. The molecular formula is C20H19N7O5S3. The first-order valence-corrected chi connectivity index (χ1v) is 12.6. The third-order valence-electron chi connectivity index (χ3n) is 4.84. The summed E-state index contributed by atoms with van der Waals surface area (Å²) < 4.78 is 5.81. The van der Waals surface area contributed by atoms with Crippen molar-refractivity contribution >= 4 is 63.9 Å². The topological polar surface area (TPSA) is 167 Å². The summed E-state index contributed by atoms with van der Waals surface area (Å²) in [6.07, 6.45) is 5.45. The van der Waals surface area contributed by atoms with Gasteiger partial charge in [-0.1, -0.05) is 11.2 Å². The van der Waals surface area contributed by atoms with Crippen molar-refractivity contribution in [3.05, 3.63) is 58.7 Å². The number of carbonyl (C=O) groups excluding carboxylic acids is 3. The molecular weight excluding hydrogens is 514 g/mol. The Kier molecular flexibility index (Phi) is 7.37. The van der Waals surface area contributed by atoms with Gasteiger partial charge in [0.1, 0.15) is 18.5 Å². The molecule has 2 atom stereocenters. The fourth-order valence-corrected chi connectivity index (χ4v) is 5.97. The van der Waals surface area contributed by atoms with Gasteiger partial charge in [0.15, 0.2) is 29.5 Å². The largest absolute Gasteiger partial charge is 0.543 e. The maximum atomic E-state index is 12.9. The first-order valence-electron chi connectivity index (χ1n) is 10.0. The van der Waals surface area contributed by atoms with Crippen molar-refractivity contribution in [2.24, 2.45) is 5.16 Å². The van der Waals surface area contributed by atoms with E-state index >= 15 is 0 Å². The number of nitrogens with zero attached hydrogens (tertiary/aromatic N) is 5. The van der Waals surface area contributed by atoms with E-state index in [2.05, 4.69) is 19.8 Å². The minimum Gasteiger partial charge on any atom is -0.543 e. The highest BCUT2D eigenvalue weighted by Gasteiger charge is 2.53. The number of anilines is 1. The maximum absolute atomic E-state index is 12.9. The smallest absolute Gasteiger partial charge is 0.278 e. The summed E-state index contributed by atoms with van der Waals surface area (Å²) in [4.78, 5) is 48.3. The van der Waals surface area contributed by atoms with Crippen LogP contribution in [0, 0.1) is 0 Å². The van der Waals surface area contributed by atoms with Crippen LogP contribution in [-0.4, -0.2) is 62.0 Å². The number of nitrogen functional groups attached to an aromatic ring is 1. The highest BCUT2D eigenvalue weighted by atomic mass is 32.2. The van der Waals surface area contributed by atoms with E-state index in [9.17, 15) is 19.5 Å². The van der Waals surface area contributed by atoms with Gasteiger partial charge in [-0.05, 0) is 18.6 Å². The second-order valence-electron chi connectivity index (χ2n) is 7.18. The lowest BCUT2D eigenvalue weighted by Crippen LogP contribution is -2.71. The molecule has 2 amide bonds. The number of carbonyl (C=O) groups is 3. The second-order valence-corrected chi connectivity index (χ2v) is 10.3. The molecule has 0 spiro atoms. The van der Waals surface area contributed by atoms with Gasteiger partial charge in [-0.15, -0.1) is 15.7 Å². The molecule has 15 heteroatoms. The highest BCUT2D eigenvalue weighted by molar-refractivity contribution is 8.00. The predicted molar refractivity (Wildman–Crippen MR) is 128 cm³/mol. The molecule has 3 N–H and O–H groups in total. The van der Waals surface area contributed by atoms with Gasteiger partial charge < -0.3 is 25.8 Å². The number of rotatable bonds is 8. The summed E-state index contributed by atoms with van der Waals surface area (Å²) in [6.45, 7) is 1.85. The number of carboxylic acid groups (broad SMARTS) is 1. The van der Waals surface area contributed by atoms with Crippen LogP contribution in [0.15, 0.2) is 58.0 Å². The summed E-state index contributed by atoms with van der Waals surface area (Å²) >= 11 is 3.61. The Morgan fingerprint density at radius 2 is 2.14 bits per heavy atom. The van der Waals surface area contributed by atoms with Crippen LogP contribution in [-0.2, 0) is 19.2 Å². The molecule has 0 radical (unpaired) electrons. The Bertz CT molecular complexity index is 1260. The first kappa shape index (κ1) is 24.7. The Morgan fingerprint density at radius 3 is 2.77 bits per heavy atom. The summed E-state index contributed by atoms with van der Waals surface area (Å²) in [5.41, 5.74) is 5.57. The third-order valence-corrected chi connectivity index (χ3v) is 7.55. The summed E-state index contributed by atoms with van der Waals surface area (Å²) in [5.74, 6) is -2.52. The molecule has 0 aliphatic carbocycles. The Morgan fingerprint density at radius 1 is 1.40 bits per heavy atom. The molecule has 0 aromatic carbocycles. The first-order chi connectivity index (χ1) is 16.8. The molecule has 12 nitrogen and oxygen atoms in total. The number of carboxylic acids is 1. The van der Waals surface area contributed by atoms with Crippen molar-refractivity contribution in [2.45, 2.75) is 18.3 Å². The van der Waals surface area contributed by atoms with Gasteiger partial charge in [0.05, 0.1) is 16.6 Å². The van der Waals surface area contributed by atoms with Gasteiger partial charge in [0.25, 0.3) is 11.8 Å². The number of allylic oxidation sites excluding steroid dienone is 2. The van der Waals surface area contributed by atoms with E-state index in [1.807, 2.05) is 41.5 Å². The molecule has 2 aliphatic heterocycles. The third kappa shape index (κ3) is 5.16. The van der Waals surface area contributed by atoms with Gasteiger partial charge in [0.2, 0.25) is 11.5 Å². The lowest BCUT2D eigenvalue weighted by Gasteiger charge is -2.50. The molecule has 1 saturated heterocycles. The van der Waals surface area contributed by atoms with Crippen LogP contribution in [0.25, 0.3) is 0 Å². The number of hydrogen-bond acceptors (Lipinski definition) is 12. The quantitative estimate of drug-likeness (QED) is 0.191. The van der Waals surface area contributed by atoms with Crippen molar-refractivity contribution in [1.82, 2.24) is 19.6 Å². The van der Waals surface area contributed by atoms with E-state index < -0.39 is 29.2 Å². The van der Waals surface area contributed by atoms with E-state index in [0.717, 1.165) is 21.3 Å². The van der Waals surface area contributed by atoms with E-state index in [1.54, 1.807) is 6.08 Å². The summed E-state index contributed by atoms with van der Waals surface area (Å²) in [6, 6.07) is 4.67. The van der Waals surface area contributed by atoms with Crippen LogP contribution in [0.5, 0.6) is 0 Å². The van der Waals surface area contributed by atoms with Gasteiger partial charge >= 0.3 is 0 Å². The molecule has 35 heavy (non-hydrogen) atoms. The number of amides is 2. The van der Waals surface area contributed by atoms with E-state index in [1.165, 1.54) is 30.8 Å². The highest BCUT2D eigenvalue weighted by Crippen LogP contribution is 2.41. The number of nitrogens with two attached hydrogens (primary N) is 1. The zero-order valence-corrected chi connectivity index (χ0v) is 20.9. The summed E-state index contributed by atoms with van der Waals surface area (Å²) in [7, 11) is 1.25. The van der Waals surface area contributed by atoms with Crippen molar-refractivity contribution in [2.75, 3.05) is 18.6 Å². The standard InChI is InChI=1S/C20H19N7O5S3/c1-10(35-26-6-4-3-5-7-26)8-11-9-33-18-13(17(29)27(18)14(11)19(30)31)22-16(28)12(24-32-2)15-23-20(21)34-25-15/h3-8,13,18H,9H2,1-2H3,(H3-,21,22,23,25,28,30,31)/t13?,18-/m0/s1. The van der Waals surface area contributed by atoms with Gasteiger partial charge in [-0.2, -0.15) is 9.36 Å². The lowest BCUT2D eigenvalue weighted by molar-refractivity contribution is -0.493. The van der Waals surface area contributed by atoms with Gasteiger partial charge in [0, 0.05) is 29.4 Å². The fourth-order valence-electron chi connectivity index (χ4n) is 3.44. The van der Waals surface area contributed by atoms with Crippen LogP contribution >= 0.6 is 35.2 Å². The van der Waals surface area contributed by atoms with Crippen molar-refractivity contribution in [3.63, 3.8) is 0 Å². The van der Waals surface area contributed by atoms with E-state index in [-0.39, 0.29) is 22.4 Å². The van der Waals surface area contributed by atoms with Crippen LogP contribution in [0.4, 0.5) is 5.13 Å². The number of nitrogens with one attached hydrogen (secondary N) is 1. The zero-order chi connectivity index (χ0) is 25.1. The second kappa shape index (κ2) is 10.5. The average molecular weight is 534 g/mol. The number of fused-ring (bicyclic) bond motifs is 1. The van der Waals surface area contributed by atoms with Gasteiger partial charge in [-0.25, -0.2) is 0 Å². The molecule has 1 unspecified atom stereocenters. The SMILES string of the molecule is CON=C(C(=O)NC1C(=O)N2C(C(=O)[O-])=C(C=C(C)S[n+]3ccccc3)CS[C@@H]12)c1nsc(N)n1. The number of β-lactam (4-membered cyclic amide) rings is 1. The normalized spacial score (nSPS) is 20.3. The Labute approximate surface area is 212 Å². The van der Waals surface area contributed by atoms with Gasteiger partial charge in [-0.3, -0.25) is 14.5 Å². The number of aromatic nitrogens is 3. The molecule has 1 fully saturated rings. The number of oxime groups is 1. The van der Waals surface area contributed by atoms with E-state index in [4.69, 9.17) is 10.6 Å². The molecule has 2 aliphatic rings. The van der Waals surface area contributed by atoms with Crippen molar-refractivity contribution in [1.29, 1.82) is 0 Å². The van der Waals surface area contributed by atoms with E-state index in [0.29, 0.717) is 11.3 Å². The van der Waals surface area contributed by atoms with Crippen LogP contribution in [0.1, 0.15) is 12.7 Å². The molecule has 4 rings (SSSR count). The van der Waals surface area contributed by atoms with Crippen LogP contribution < -0.4 is 20.1 Å². The maximum Gasteiger partial charge on any atom is 0.278 e. The van der Waals surface area contributed by atoms with Crippen molar-refractivity contribution in [3.8, 4) is 0 Å². The van der Waals surface area contributed by atoms with Crippen LogP contribution in [0.3, 0.4) is 0 Å². The monoisotopic (exact) mass is 533 g/mol. The fraction of sp³-hybridized carbons (Fsp3) is 0.250. The molecule has 2 aromatic heterocycles.